The summed E-state index contributed by atoms with van der Waals surface area (Å²) >= 11 is 1.38. The van der Waals surface area contributed by atoms with E-state index in [0.29, 0.717) is 5.13 Å². The van der Waals surface area contributed by atoms with Gasteiger partial charge in [-0.25, -0.2) is 0 Å². The third kappa shape index (κ3) is 4.01. The standard InChI is InChI=1S/C15H19N3O2S/c1-5-14-17-18-15(21-14)16-13(19)8-20-12-7-9(2)6-10(3)11(12)4/h6-7H,5,8H2,1-4H3,(H,16,18,19). The van der Waals surface area contributed by atoms with E-state index in [2.05, 4.69) is 21.6 Å². The molecule has 0 spiro atoms. The average Bonchev–Trinajstić information content (AvgIpc) is 2.88. The molecule has 0 fully saturated rings. The Morgan fingerprint density at radius 2 is 2.05 bits per heavy atom. The molecule has 21 heavy (non-hydrogen) atoms. The van der Waals surface area contributed by atoms with E-state index in [1.807, 2.05) is 33.8 Å². The number of rotatable bonds is 5. The lowest BCUT2D eigenvalue weighted by molar-refractivity contribution is -0.118. The topological polar surface area (TPSA) is 64.1 Å². The second-order valence-corrected chi connectivity index (χ2v) is 5.96. The number of hydrogen-bond donors (Lipinski definition) is 1. The Bertz CT molecular complexity index is 652. The van der Waals surface area contributed by atoms with Crippen LogP contribution in [0.25, 0.3) is 0 Å². The van der Waals surface area contributed by atoms with Crippen LogP contribution in [0.4, 0.5) is 5.13 Å². The highest BCUT2D eigenvalue weighted by molar-refractivity contribution is 7.15. The Morgan fingerprint density at radius 1 is 1.29 bits per heavy atom. The molecule has 0 unspecified atom stereocenters. The summed E-state index contributed by atoms with van der Waals surface area (Å²) in [6.07, 6.45) is 0.811. The van der Waals surface area contributed by atoms with E-state index in [9.17, 15) is 4.79 Å². The van der Waals surface area contributed by atoms with Gasteiger partial charge in [0.25, 0.3) is 5.91 Å². The highest BCUT2D eigenvalue weighted by Crippen LogP contribution is 2.23. The molecule has 1 aromatic carbocycles. The predicted molar refractivity (Wildman–Crippen MR) is 84.1 cm³/mol. The fraction of sp³-hybridized carbons (Fsp3) is 0.400. The summed E-state index contributed by atoms with van der Waals surface area (Å²) in [5.41, 5.74) is 3.32. The van der Waals surface area contributed by atoms with Gasteiger partial charge in [0.2, 0.25) is 5.13 Å². The largest absolute Gasteiger partial charge is 0.483 e. The van der Waals surface area contributed by atoms with Gasteiger partial charge in [0.1, 0.15) is 10.8 Å². The predicted octanol–water partition coefficient (Wildman–Crippen LogP) is 3.04. The van der Waals surface area contributed by atoms with Gasteiger partial charge < -0.3 is 4.74 Å². The van der Waals surface area contributed by atoms with Gasteiger partial charge >= 0.3 is 0 Å². The van der Waals surface area contributed by atoms with Gasteiger partial charge in [-0.1, -0.05) is 24.3 Å². The van der Waals surface area contributed by atoms with Crippen molar-refractivity contribution >= 4 is 22.4 Å². The molecule has 0 aliphatic heterocycles. The number of anilines is 1. The molecule has 6 heteroatoms. The second-order valence-electron chi connectivity index (χ2n) is 4.90. The number of aromatic nitrogens is 2. The van der Waals surface area contributed by atoms with Crippen LogP contribution in [0.15, 0.2) is 12.1 Å². The smallest absolute Gasteiger partial charge is 0.264 e. The summed E-state index contributed by atoms with van der Waals surface area (Å²) in [4.78, 5) is 11.9. The number of benzene rings is 1. The van der Waals surface area contributed by atoms with E-state index in [4.69, 9.17) is 4.74 Å². The van der Waals surface area contributed by atoms with Crippen molar-refractivity contribution in [1.29, 1.82) is 0 Å². The molecular formula is C15H19N3O2S. The first-order chi connectivity index (χ1) is 9.99. The third-order valence-corrected chi connectivity index (χ3v) is 4.12. The number of nitrogens with zero attached hydrogens (tertiary/aromatic N) is 2. The molecule has 0 saturated carbocycles. The van der Waals surface area contributed by atoms with Crippen molar-refractivity contribution in [1.82, 2.24) is 10.2 Å². The van der Waals surface area contributed by atoms with Gasteiger partial charge in [-0.05, 0) is 49.9 Å². The van der Waals surface area contributed by atoms with Gasteiger partial charge in [0, 0.05) is 0 Å². The minimum absolute atomic E-state index is 0.0369. The molecule has 0 aliphatic carbocycles. The van der Waals surface area contributed by atoms with Gasteiger partial charge in [-0.15, -0.1) is 10.2 Å². The molecule has 5 nitrogen and oxygen atoms in total. The third-order valence-electron chi connectivity index (χ3n) is 3.14. The Hall–Kier alpha value is -1.95. The minimum Gasteiger partial charge on any atom is -0.483 e. The van der Waals surface area contributed by atoms with Crippen molar-refractivity contribution in [2.45, 2.75) is 34.1 Å². The van der Waals surface area contributed by atoms with Crippen molar-refractivity contribution in [3.63, 3.8) is 0 Å². The van der Waals surface area contributed by atoms with Crippen LogP contribution in [0, 0.1) is 20.8 Å². The van der Waals surface area contributed by atoms with Crippen LogP contribution in [0.1, 0.15) is 28.6 Å². The average molecular weight is 305 g/mol. The highest BCUT2D eigenvalue weighted by Gasteiger charge is 2.10. The Balaban J connectivity index is 1.95. The van der Waals surface area contributed by atoms with Gasteiger partial charge in [0.05, 0.1) is 0 Å². The van der Waals surface area contributed by atoms with Crippen LogP contribution in [-0.4, -0.2) is 22.7 Å². The molecule has 1 aromatic heterocycles. The molecule has 0 radical (unpaired) electrons. The fourth-order valence-electron chi connectivity index (χ4n) is 1.90. The monoisotopic (exact) mass is 305 g/mol. The van der Waals surface area contributed by atoms with Gasteiger partial charge in [-0.3, -0.25) is 10.1 Å². The zero-order valence-corrected chi connectivity index (χ0v) is 13.5. The first kappa shape index (κ1) is 15.4. The Labute approximate surface area is 128 Å². The SMILES string of the molecule is CCc1nnc(NC(=O)COc2cc(C)cc(C)c2C)s1. The van der Waals surface area contributed by atoms with Gasteiger partial charge in [-0.2, -0.15) is 0 Å². The van der Waals surface area contributed by atoms with E-state index in [0.717, 1.165) is 33.9 Å². The maximum Gasteiger partial charge on any atom is 0.264 e. The number of hydrogen-bond acceptors (Lipinski definition) is 5. The lowest BCUT2D eigenvalue weighted by Crippen LogP contribution is -2.20. The lowest BCUT2D eigenvalue weighted by Gasteiger charge is -2.11. The zero-order valence-electron chi connectivity index (χ0n) is 12.7. The fourth-order valence-corrected chi connectivity index (χ4v) is 2.59. The van der Waals surface area contributed by atoms with Crippen LogP contribution >= 0.6 is 11.3 Å². The first-order valence-corrected chi connectivity index (χ1v) is 7.64. The molecule has 0 bridgehead atoms. The lowest BCUT2D eigenvalue weighted by atomic mass is 10.1. The van der Waals surface area contributed by atoms with Crippen molar-refractivity contribution in [2.75, 3.05) is 11.9 Å². The van der Waals surface area contributed by atoms with Crippen molar-refractivity contribution in [3.05, 3.63) is 33.8 Å². The van der Waals surface area contributed by atoms with E-state index in [-0.39, 0.29) is 12.5 Å². The van der Waals surface area contributed by atoms with E-state index in [1.54, 1.807) is 0 Å². The van der Waals surface area contributed by atoms with E-state index in [1.165, 1.54) is 11.3 Å². The molecule has 1 heterocycles. The summed E-state index contributed by atoms with van der Waals surface area (Å²) in [5, 5.41) is 12.0. The van der Waals surface area contributed by atoms with Crippen LogP contribution in [0.3, 0.4) is 0 Å². The first-order valence-electron chi connectivity index (χ1n) is 6.82. The highest BCUT2D eigenvalue weighted by atomic mass is 32.1. The molecule has 0 aliphatic rings. The normalized spacial score (nSPS) is 10.5. The summed E-state index contributed by atoms with van der Waals surface area (Å²) in [6.45, 7) is 7.98. The molecule has 112 valence electrons. The Morgan fingerprint density at radius 3 is 2.71 bits per heavy atom. The number of carbonyl (C=O) groups excluding carboxylic acids is 1. The van der Waals surface area contributed by atoms with Crippen molar-refractivity contribution < 1.29 is 9.53 Å². The molecule has 1 amide bonds. The van der Waals surface area contributed by atoms with Crippen molar-refractivity contribution in [2.24, 2.45) is 0 Å². The minimum atomic E-state index is -0.229. The summed E-state index contributed by atoms with van der Waals surface area (Å²) < 4.78 is 5.61. The maximum absolute atomic E-state index is 11.9. The number of ether oxygens (including phenoxy) is 1. The molecule has 0 atom stereocenters. The second kappa shape index (κ2) is 6.67. The van der Waals surface area contributed by atoms with E-state index >= 15 is 0 Å². The van der Waals surface area contributed by atoms with E-state index < -0.39 is 0 Å². The van der Waals surface area contributed by atoms with Gasteiger partial charge in [0.15, 0.2) is 6.61 Å². The Kier molecular flexibility index (Phi) is 4.90. The van der Waals surface area contributed by atoms with Crippen LogP contribution in [0.5, 0.6) is 5.75 Å². The molecular weight excluding hydrogens is 286 g/mol. The maximum atomic E-state index is 11.9. The molecule has 1 N–H and O–H groups in total. The molecule has 0 saturated heterocycles. The number of nitrogens with one attached hydrogen (secondary N) is 1. The quantitative estimate of drug-likeness (QED) is 0.922. The number of carbonyl (C=O) groups is 1. The van der Waals surface area contributed by atoms with Crippen LogP contribution in [-0.2, 0) is 11.2 Å². The zero-order chi connectivity index (χ0) is 15.4. The summed E-state index contributed by atoms with van der Waals surface area (Å²) in [6, 6.07) is 4.03. The number of amides is 1. The van der Waals surface area contributed by atoms with Crippen LogP contribution in [0.2, 0.25) is 0 Å². The van der Waals surface area contributed by atoms with Crippen molar-refractivity contribution in [3.8, 4) is 5.75 Å². The van der Waals surface area contributed by atoms with Crippen LogP contribution < -0.4 is 10.1 Å². The molecule has 2 rings (SSSR count). The summed E-state index contributed by atoms with van der Waals surface area (Å²) in [5.74, 6) is 0.515. The molecule has 2 aromatic rings. The summed E-state index contributed by atoms with van der Waals surface area (Å²) in [7, 11) is 0. The number of aryl methyl sites for hydroxylation is 3.